The Labute approximate surface area is 134 Å². The standard InChI is InChI=1S/C19H17NO3/c21-18-10-17(23-13-19(18)22)12-20-11-14-6-8-16(9-7-14)15-4-2-1-3-5-15/h1-10,20H,11-13H2. The molecule has 0 atom stereocenters. The number of allylic oxidation sites excluding steroid dienone is 1. The Bertz CT molecular complexity index is 733. The number of hydrogen-bond acceptors (Lipinski definition) is 4. The van der Waals surface area contributed by atoms with Crippen molar-refractivity contribution in [1.29, 1.82) is 0 Å². The van der Waals surface area contributed by atoms with E-state index < -0.39 is 11.6 Å². The molecular formula is C19H17NO3. The van der Waals surface area contributed by atoms with Crippen LogP contribution in [0.3, 0.4) is 0 Å². The normalized spacial score (nSPS) is 14.3. The zero-order valence-corrected chi connectivity index (χ0v) is 12.6. The average molecular weight is 307 g/mol. The second kappa shape index (κ2) is 7.03. The van der Waals surface area contributed by atoms with E-state index in [1.807, 2.05) is 18.2 Å². The van der Waals surface area contributed by atoms with Gasteiger partial charge in [-0.25, -0.2) is 0 Å². The van der Waals surface area contributed by atoms with Crippen LogP contribution in [0.15, 0.2) is 66.4 Å². The second-order valence-electron chi connectivity index (χ2n) is 5.35. The fourth-order valence-corrected chi connectivity index (χ4v) is 2.38. The molecule has 2 aromatic rings. The van der Waals surface area contributed by atoms with Crippen molar-refractivity contribution in [3.05, 3.63) is 72.0 Å². The van der Waals surface area contributed by atoms with E-state index in [-0.39, 0.29) is 6.61 Å². The first-order chi connectivity index (χ1) is 11.2. The number of carbonyl (C=O) groups excluding carboxylic acids is 2. The molecule has 4 heteroatoms. The second-order valence-corrected chi connectivity index (χ2v) is 5.35. The van der Waals surface area contributed by atoms with Gasteiger partial charge in [-0.05, 0) is 16.7 Å². The number of benzene rings is 2. The van der Waals surface area contributed by atoms with Gasteiger partial charge in [0.15, 0.2) is 6.61 Å². The summed E-state index contributed by atoms with van der Waals surface area (Å²) in [5.41, 5.74) is 3.51. The lowest BCUT2D eigenvalue weighted by Gasteiger charge is -2.14. The summed E-state index contributed by atoms with van der Waals surface area (Å²) >= 11 is 0. The quantitative estimate of drug-likeness (QED) is 0.862. The summed E-state index contributed by atoms with van der Waals surface area (Å²) in [6.07, 6.45) is 1.26. The third-order valence-electron chi connectivity index (χ3n) is 3.64. The molecule has 1 aliphatic heterocycles. The van der Waals surface area contributed by atoms with Crippen molar-refractivity contribution >= 4 is 11.6 Å². The monoisotopic (exact) mass is 307 g/mol. The molecule has 3 rings (SSSR count). The molecule has 0 aromatic heterocycles. The minimum absolute atomic E-state index is 0.155. The Morgan fingerprint density at radius 2 is 1.57 bits per heavy atom. The first-order valence-corrected chi connectivity index (χ1v) is 7.48. The van der Waals surface area contributed by atoms with Crippen molar-refractivity contribution in [3.63, 3.8) is 0 Å². The van der Waals surface area contributed by atoms with Gasteiger partial charge in [-0.3, -0.25) is 9.59 Å². The third-order valence-corrected chi connectivity index (χ3v) is 3.64. The number of nitrogens with one attached hydrogen (secondary N) is 1. The van der Waals surface area contributed by atoms with Crippen molar-refractivity contribution in [2.45, 2.75) is 6.54 Å². The Kier molecular flexibility index (Phi) is 4.64. The fourth-order valence-electron chi connectivity index (χ4n) is 2.38. The molecule has 0 saturated carbocycles. The first-order valence-electron chi connectivity index (χ1n) is 7.48. The van der Waals surface area contributed by atoms with Gasteiger partial charge < -0.3 is 10.1 Å². The molecule has 0 aliphatic carbocycles. The minimum Gasteiger partial charge on any atom is -0.488 e. The Morgan fingerprint density at radius 1 is 0.870 bits per heavy atom. The van der Waals surface area contributed by atoms with Crippen molar-refractivity contribution in [3.8, 4) is 11.1 Å². The van der Waals surface area contributed by atoms with Crippen LogP contribution in [0.1, 0.15) is 5.56 Å². The predicted molar refractivity (Wildman–Crippen MR) is 87.6 cm³/mol. The van der Waals surface area contributed by atoms with Crippen LogP contribution in [0.4, 0.5) is 0 Å². The van der Waals surface area contributed by atoms with Gasteiger partial charge in [-0.15, -0.1) is 0 Å². The van der Waals surface area contributed by atoms with E-state index in [4.69, 9.17) is 4.74 Å². The number of ether oxygens (including phenoxy) is 1. The Morgan fingerprint density at radius 3 is 2.26 bits per heavy atom. The van der Waals surface area contributed by atoms with Crippen LogP contribution in [0.25, 0.3) is 11.1 Å². The third kappa shape index (κ3) is 3.93. The van der Waals surface area contributed by atoms with Crippen LogP contribution in [0.2, 0.25) is 0 Å². The van der Waals surface area contributed by atoms with Gasteiger partial charge in [-0.1, -0.05) is 54.6 Å². The van der Waals surface area contributed by atoms with Gasteiger partial charge in [0.2, 0.25) is 11.6 Å². The maximum absolute atomic E-state index is 11.3. The smallest absolute Gasteiger partial charge is 0.240 e. The maximum Gasteiger partial charge on any atom is 0.240 e. The fraction of sp³-hybridized carbons (Fsp3) is 0.158. The van der Waals surface area contributed by atoms with Crippen LogP contribution in [0.5, 0.6) is 0 Å². The number of Topliss-reactive ketones (excluding diaryl/α,β-unsaturated/α-hetero) is 1. The lowest BCUT2D eigenvalue weighted by molar-refractivity contribution is -0.137. The summed E-state index contributed by atoms with van der Waals surface area (Å²) in [5, 5.41) is 3.21. The van der Waals surface area contributed by atoms with E-state index in [9.17, 15) is 9.59 Å². The molecule has 0 fully saturated rings. The lowest BCUT2D eigenvalue weighted by Crippen LogP contribution is -2.27. The highest BCUT2D eigenvalue weighted by molar-refractivity contribution is 6.42. The summed E-state index contributed by atoms with van der Waals surface area (Å²) in [4.78, 5) is 22.3. The van der Waals surface area contributed by atoms with Crippen LogP contribution in [-0.4, -0.2) is 24.7 Å². The van der Waals surface area contributed by atoms with Gasteiger partial charge in [0.25, 0.3) is 0 Å². The van der Waals surface area contributed by atoms with E-state index in [0.29, 0.717) is 18.8 Å². The van der Waals surface area contributed by atoms with Crippen LogP contribution >= 0.6 is 0 Å². The van der Waals surface area contributed by atoms with E-state index in [1.54, 1.807) is 0 Å². The molecule has 0 amide bonds. The molecule has 1 aliphatic rings. The molecular weight excluding hydrogens is 290 g/mol. The minimum atomic E-state index is -0.495. The summed E-state index contributed by atoms with van der Waals surface area (Å²) in [6, 6.07) is 18.5. The summed E-state index contributed by atoms with van der Waals surface area (Å²) in [5.74, 6) is -0.471. The van der Waals surface area contributed by atoms with Crippen molar-refractivity contribution in [2.75, 3.05) is 13.2 Å². The largest absolute Gasteiger partial charge is 0.488 e. The maximum atomic E-state index is 11.3. The van der Waals surface area contributed by atoms with Crippen molar-refractivity contribution < 1.29 is 14.3 Å². The molecule has 0 saturated heterocycles. The summed E-state index contributed by atoms with van der Waals surface area (Å²) < 4.78 is 5.20. The molecule has 116 valence electrons. The van der Waals surface area contributed by atoms with E-state index in [0.717, 1.165) is 5.56 Å². The van der Waals surface area contributed by atoms with Gasteiger partial charge >= 0.3 is 0 Å². The molecule has 0 spiro atoms. The Hall–Kier alpha value is -2.72. The molecule has 4 nitrogen and oxygen atoms in total. The molecule has 1 heterocycles. The molecule has 1 N–H and O–H groups in total. The van der Waals surface area contributed by atoms with E-state index in [1.165, 1.54) is 17.2 Å². The first kappa shape index (κ1) is 15.2. The van der Waals surface area contributed by atoms with Gasteiger partial charge in [0, 0.05) is 12.6 Å². The average Bonchev–Trinajstić information content (AvgIpc) is 2.59. The number of ketones is 2. The Balaban J connectivity index is 1.54. The number of carbonyl (C=O) groups is 2. The van der Waals surface area contributed by atoms with E-state index >= 15 is 0 Å². The lowest BCUT2D eigenvalue weighted by atomic mass is 10.0. The van der Waals surface area contributed by atoms with Gasteiger partial charge in [0.1, 0.15) is 5.76 Å². The summed E-state index contributed by atoms with van der Waals surface area (Å²) in [6.45, 7) is 0.940. The van der Waals surface area contributed by atoms with Crippen molar-refractivity contribution in [1.82, 2.24) is 5.32 Å². The van der Waals surface area contributed by atoms with Crippen LogP contribution < -0.4 is 5.32 Å². The van der Waals surface area contributed by atoms with Crippen LogP contribution in [0, 0.1) is 0 Å². The zero-order chi connectivity index (χ0) is 16.1. The highest BCUT2D eigenvalue weighted by atomic mass is 16.5. The number of hydrogen-bond donors (Lipinski definition) is 1. The highest BCUT2D eigenvalue weighted by Crippen LogP contribution is 2.19. The topological polar surface area (TPSA) is 55.4 Å². The zero-order valence-electron chi connectivity index (χ0n) is 12.6. The SMILES string of the molecule is O=C1C=C(CNCc2ccc(-c3ccccc3)cc2)OCC1=O. The molecule has 23 heavy (non-hydrogen) atoms. The molecule has 0 radical (unpaired) electrons. The van der Waals surface area contributed by atoms with Crippen molar-refractivity contribution in [2.24, 2.45) is 0 Å². The number of rotatable bonds is 5. The van der Waals surface area contributed by atoms with E-state index in [2.05, 4.69) is 41.7 Å². The van der Waals surface area contributed by atoms with Gasteiger partial charge in [0.05, 0.1) is 6.54 Å². The summed E-state index contributed by atoms with van der Waals surface area (Å²) in [7, 11) is 0. The highest BCUT2D eigenvalue weighted by Gasteiger charge is 2.19. The predicted octanol–water partition coefficient (Wildman–Crippen LogP) is 2.50. The molecule has 0 bridgehead atoms. The van der Waals surface area contributed by atoms with Crippen LogP contribution in [-0.2, 0) is 20.9 Å². The molecule has 0 unspecified atom stereocenters. The molecule has 2 aromatic carbocycles. The van der Waals surface area contributed by atoms with Gasteiger partial charge in [-0.2, -0.15) is 0 Å².